The Labute approximate surface area is 299 Å². The van der Waals surface area contributed by atoms with E-state index in [1.54, 1.807) is 0 Å². The molecule has 2 N–H and O–H groups in total. The van der Waals surface area contributed by atoms with Gasteiger partial charge in [0.2, 0.25) is 5.91 Å². The predicted octanol–water partition coefficient (Wildman–Crippen LogP) is 5.60. The van der Waals surface area contributed by atoms with Crippen LogP contribution in [0.1, 0.15) is 151 Å². The van der Waals surface area contributed by atoms with Crippen LogP contribution in [-0.2, 0) is 52.4 Å². The number of esters is 4. The Morgan fingerprint density at radius 1 is 0.720 bits per heavy atom. The Morgan fingerprint density at radius 3 is 1.64 bits per heavy atom. The lowest BCUT2D eigenvalue weighted by Gasteiger charge is -2.49. The largest absolute Gasteiger partial charge is 0.462 e. The Kier molecular flexibility index (Phi) is 23.6. The number of aliphatic hydroxyl groups excluding tert-OH is 1. The molecule has 290 valence electrons. The number of unbranched alkanes of at least 4 members (excludes halogenated alkanes) is 15. The van der Waals surface area contributed by atoms with E-state index in [0.717, 1.165) is 40.0 Å². The highest BCUT2D eigenvalue weighted by atomic mass is 16.7. The van der Waals surface area contributed by atoms with Crippen LogP contribution in [0.2, 0.25) is 0 Å². The van der Waals surface area contributed by atoms with Gasteiger partial charge in [0.15, 0.2) is 18.0 Å². The molecule has 1 fully saturated rings. The third-order valence-corrected chi connectivity index (χ3v) is 8.67. The van der Waals surface area contributed by atoms with E-state index in [2.05, 4.69) is 12.2 Å². The lowest BCUT2D eigenvalue weighted by atomic mass is 9.88. The Hall–Kier alpha value is -2.77. The molecule has 0 aromatic rings. The zero-order chi connectivity index (χ0) is 37.4. The van der Waals surface area contributed by atoms with Crippen LogP contribution >= 0.6 is 0 Å². The number of hydrogen-bond donors (Lipinski definition) is 2. The zero-order valence-corrected chi connectivity index (χ0v) is 31.5. The number of aliphatic hydroxyl groups is 1. The molecule has 1 heterocycles. The minimum Gasteiger partial charge on any atom is -0.462 e. The van der Waals surface area contributed by atoms with Crippen molar-refractivity contribution < 1.29 is 57.5 Å². The van der Waals surface area contributed by atoms with Crippen LogP contribution in [0, 0.1) is 0 Å². The number of hydrogen-bond acceptors (Lipinski definition) is 12. The van der Waals surface area contributed by atoms with E-state index < -0.39 is 79.2 Å². The number of carbonyl (C=O) groups is 5. The Bertz CT molecular complexity index is 1010. The average molecular weight is 716 g/mol. The first-order valence-electron chi connectivity index (χ1n) is 18.7. The first-order valence-corrected chi connectivity index (χ1v) is 18.7. The van der Waals surface area contributed by atoms with Crippen LogP contribution in [0.4, 0.5) is 0 Å². The molecular formula is C37H65NO12. The second-order valence-corrected chi connectivity index (χ2v) is 13.4. The quantitative estimate of drug-likeness (QED) is 0.0613. The molecule has 1 saturated heterocycles. The van der Waals surface area contributed by atoms with Crippen LogP contribution < -0.4 is 5.32 Å². The van der Waals surface area contributed by atoms with E-state index in [1.165, 1.54) is 90.9 Å². The fraction of sp³-hybridized carbons (Fsp3) is 0.865. The molecule has 0 radical (unpaired) electrons. The molecule has 0 aromatic heterocycles. The fourth-order valence-corrected chi connectivity index (χ4v) is 6.33. The molecule has 13 heteroatoms. The molecule has 1 aliphatic heterocycles. The van der Waals surface area contributed by atoms with Crippen LogP contribution in [0.15, 0.2) is 0 Å². The number of rotatable bonds is 27. The number of ether oxygens (including phenoxy) is 6. The molecule has 50 heavy (non-hydrogen) atoms. The van der Waals surface area contributed by atoms with Crippen molar-refractivity contribution in [3.8, 4) is 0 Å². The second-order valence-electron chi connectivity index (χ2n) is 13.4. The summed E-state index contributed by atoms with van der Waals surface area (Å²) in [6.07, 6.45) is 14.0. The average Bonchev–Trinajstić information content (AvgIpc) is 3.03. The maximum atomic E-state index is 12.3. The fourth-order valence-electron chi connectivity index (χ4n) is 6.33. The van der Waals surface area contributed by atoms with Gasteiger partial charge < -0.3 is 38.8 Å². The van der Waals surface area contributed by atoms with Crippen molar-refractivity contribution in [3.05, 3.63) is 0 Å². The van der Waals surface area contributed by atoms with Crippen LogP contribution in [0.5, 0.6) is 0 Å². The zero-order valence-electron chi connectivity index (χ0n) is 31.5. The molecule has 0 bridgehead atoms. The third-order valence-electron chi connectivity index (χ3n) is 8.67. The first-order chi connectivity index (χ1) is 23.8. The van der Waals surface area contributed by atoms with Gasteiger partial charge in [-0.3, -0.25) is 24.0 Å². The van der Waals surface area contributed by atoms with E-state index in [1.807, 2.05) is 0 Å². The molecule has 1 amide bonds. The van der Waals surface area contributed by atoms with Crippen LogP contribution in [-0.4, -0.2) is 91.0 Å². The SMILES string of the molecule is CCCCCCCCCCCCCCCCCCO[C@]1(CO)C[C@H](OC(C)=O)[C@@H](NC(C)=O)[C@H]([C@H](OC(C)=O)[C@@H](COC(C)=O)OC(C)=O)O1. The van der Waals surface area contributed by atoms with Gasteiger partial charge in [-0.25, -0.2) is 0 Å². The molecule has 0 aliphatic carbocycles. The minimum absolute atomic E-state index is 0.154. The summed E-state index contributed by atoms with van der Waals surface area (Å²) in [5, 5.41) is 13.3. The minimum atomic E-state index is -1.73. The summed E-state index contributed by atoms with van der Waals surface area (Å²) >= 11 is 0. The van der Waals surface area contributed by atoms with Crippen molar-refractivity contribution in [2.75, 3.05) is 19.8 Å². The van der Waals surface area contributed by atoms with Crippen LogP contribution in [0.25, 0.3) is 0 Å². The molecule has 0 spiro atoms. The smallest absolute Gasteiger partial charge is 0.303 e. The summed E-state index contributed by atoms with van der Waals surface area (Å²) in [4.78, 5) is 60.5. The lowest BCUT2D eigenvalue weighted by molar-refractivity contribution is -0.331. The van der Waals surface area contributed by atoms with E-state index >= 15 is 0 Å². The van der Waals surface area contributed by atoms with Gasteiger partial charge in [0.25, 0.3) is 0 Å². The van der Waals surface area contributed by atoms with Gasteiger partial charge in [-0.1, -0.05) is 103 Å². The summed E-state index contributed by atoms with van der Waals surface area (Å²) in [6, 6.07) is -1.13. The van der Waals surface area contributed by atoms with Crippen molar-refractivity contribution in [2.45, 2.75) is 187 Å². The van der Waals surface area contributed by atoms with Gasteiger partial charge in [-0.2, -0.15) is 0 Å². The topological polar surface area (TPSA) is 173 Å². The molecule has 13 nitrogen and oxygen atoms in total. The van der Waals surface area contributed by atoms with Gasteiger partial charge in [0, 0.05) is 41.0 Å². The number of carbonyl (C=O) groups excluding carboxylic acids is 5. The molecule has 1 aliphatic rings. The molecule has 0 aromatic carbocycles. The normalized spacial score (nSPS) is 21.5. The van der Waals surface area contributed by atoms with Crippen LogP contribution in [0.3, 0.4) is 0 Å². The third kappa shape index (κ3) is 19.6. The van der Waals surface area contributed by atoms with Crippen molar-refractivity contribution in [2.24, 2.45) is 0 Å². The molecule has 6 atom stereocenters. The van der Waals surface area contributed by atoms with Gasteiger partial charge in [0.1, 0.15) is 18.8 Å². The summed E-state index contributed by atoms with van der Waals surface area (Å²) in [7, 11) is 0. The Balaban J connectivity index is 2.87. The Morgan fingerprint density at radius 2 is 1.22 bits per heavy atom. The molecular weight excluding hydrogens is 650 g/mol. The maximum absolute atomic E-state index is 12.3. The lowest BCUT2D eigenvalue weighted by Crippen LogP contribution is -2.68. The summed E-state index contributed by atoms with van der Waals surface area (Å²) in [5.41, 5.74) is 0. The summed E-state index contributed by atoms with van der Waals surface area (Å²) in [5.74, 6) is -5.16. The maximum Gasteiger partial charge on any atom is 0.303 e. The summed E-state index contributed by atoms with van der Waals surface area (Å²) in [6.45, 7) is 7.12. The van der Waals surface area contributed by atoms with E-state index in [4.69, 9.17) is 28.4 Å². The summed E-state index contributed by atoms with van der Waals surface area (Å²) < 4.78 is 34.1. The van der Waals surface area contributed by atoms with E-state index in [0.29, 0.717) is 6.42 Å². The second kappa shape index (κ2) is 26.1. The van der Waals surface area contributed by atoms with Gasteiger partial charge in [-0.15, -0.1) is 0 Å². The van der Waals surface area contributed by atoms with Crippen molar-refractivity contribution >= 4 is 29.8 Å². The predicted molar refractivity (Wildman–Crippen MR) is 186 cm³/mol. The van der Waals surface area contributed by atoms with Gasteiger partial charge in [0.05, 0.1) is 19.3 Å². The van der Waals surface area contributed by atoms with Crippen molar-refractivity contribution in [1.29, 1.82) is 0 Å². The highest BCUT2D eigenvalue weighted by Crippen LogP contribution is 2.36. The van der Waals surface area contributed by atoms with E-state index in [-0.39, 0.29) is 13.0 Å². The van der Waals surface area contributed by atoms with Gasteiger partial charge >= 0.3 is 23.9 Å². The standard InChI is InChI=1S/C37H65NO12/c1-7-8-9-10-11-12-13-14-15-16-17-18-19-20-21-22-23-46-37(26-39)24-32(47-29(4)42)34(38-27(2)40)36(50-37)35(49-31(6)44)33(48-30(5)43)25-45-28(3)41/h32-36,39H,7-26H2,1-6H3,(H,38,40)/t32-,33+,34+,35+,36+,37+/m0/s1. The first kappa shape index (κ1) is 45.3. The molecule has 0 unspecified atom stereocenters. The molecule has 0 saturated carbocycles. The number of nitrogens with one attached hydrogen (secondary N) is 1. The number of amides is 1. The highest BCUT2D eigenvalue weighted by molar-refractivity contribution is 5.73. The van der Waals surface area contributed by atoms with Crippen molar-refractivity contribution in [3.63, 3.8) is 0 Å². The van der Waals surface area contributed by atoms with E-state index in [9.17, 15) is 29.1 Å². The van der Waals surface area contributed by atoms with Crippen molar-refractivity contribution in [1.82, 2.24) is 5.32 Å². The molecule has 1 rings (SSSR count). The monoisotopic (exact) mass is 715 g/mol. The van der Waals surface area contributed by atoms with Gasteiger partial charge in [-0.05, 0) is 6.42 Å². The highest BCUT2D eigenvalue weighted by Gasteiger charge is 2.55.